The molecule has 0 unspecified atom stereocenters. The van der Waals surface area contributed by atoms with Gasteiger partial charge in [-0.2, -0.15) is 0 Å². The van der Waals surface area contributed by atoms with Crippen molar-refractivity contribution in [3.8, 4) is 11.1 Å². The number of hydrogen-bond acceptors (Lipinski definition) is 7. The lowest BCUT2D eigenvalue weighted by Crippen LogP contribution is -2.15. The van der Waals surface area contributed by atoms with Gasteiger partial charge in [-0.25, -0.2) is 22.9 Å². The smallest absolute Gasteiger partial charge is 0.354 e. The van der Waals surface area contributed by atoms with Crippen LogP contribution in [0.25, 0.3) is 11.1 Å². The van der Waals surface area contributed by atoms with Gasteiger partial charge in [-0.3, -0.25) is 0 Å². The number of aryl methyl sites for hydroxylation is 3. The number of carboxylic acid groups (broad SMARTS) is 1. The number of aromatic nitrogens is 3. The van der Waals surface area contributed by atoms with Gasteiger partial charge in [0.05, 0.1) is 22.9 Å². The molecular formula is C30H36N4O6S. The van der Waals surface area contributed by atoms with Gasteiger partial charge in [-0.15, -0.1) is 0 Å². The number of sulfonamides is 1. The van der Waals surface area contributed by atoms with Gasteiger partial charge in [0, 0.05) is 30.7 Å². The quantitative estimate of drug-likeness (QED) is 0.204. The zero-order valence-electron chi connectivity index (χ0n) is 24.0. The Kier molecular flexibility index (Phi) is 9.29. The monoisotopic (exact) mass is 580 g/mol. The number of carbonyl (C=O) groups is 1. The summed E-state index contributed by atoms with van der Waals surface area (Å²) in [6, 6.07) is 12.4. The normalized spacial score (nSPS) is 11.6. The van der Waals surface area contributed by atoms with E-state index in [0.29, 0.717) is 54.1 Å². The Hall–Kier alpha value is -3.96. The molecule has 0 aliphatic rings. The van der Waals surface area contributed by atoms with E-state index >= 15 is 0 Å². The largest absolute Gasteiger partial charge is 0.477 e. The number of benzene rings is 2. The second-order valence-electron chi connectivity index (χ2n) is 9.77. The van der Waals surface area contributed by atoms with Gasteiger partial charge < -0.3 is 18.9 Å². The molecule has 11 heteroatoms. The van der Waals surface area contributed by atoms with Gasteiger partial charge in [0.2, 0.25) is 5.88 Å². The predicted molar refractivity (Wildman–Crippen MR) is 156 cm³/mol. The third kappa shape index (κ3) is 6.36. The highest BCUT2D eigenvalue weighted by Crippen LogP contribution is 2.33. The maximum atomic E-state index is 13.5. The van der Waals surface area contributed by atoms with Crippen molar-refractivity contribution < 1.29 is 27.6 Å². The predicted octanol–water partition coefficient (Wildman–Crippen LogP) is 5.75. The second kappa shape index (κ2) is 12.7. The molecule has 0 atom stereocenters. The number of nitrogens with zero attached hydrogens (tertiary/aromatic N) is 3. The Morgan fingerprint density at radius 1 is 1.10 bits per heavy atom. The van der Waals surface area contributed by atoms with Crippen LogP contribution in [-0.2, 0) is 40.8 Å². The van der Waals surface area contributed by atoms with E-state index in [1.54, 1.807) is 42.7 Å². The minimum atomic E-state index is -4.03. The summed E-state index contributed by atoms with van der Waals surface area (Å²) in [7, 11) is -4.03. The van der Waals surface area contributed by atoms with E-state index in [-0.39, 0.29) is 23.1 Å². The lowest BCUT2D eigenvalue weighted by atomic mass is 9.97. The summed E-state index contributed by atoms with van der Waals surface area (Å²) in [5.41, 5.74) is 4.81. The maximum Gasteiger partial charge on any atom is 0.354 e. The Morgan fingerprint density at radius 3 is 2.49 bits per heavy atom. The van der Waals surface area contributed by atoms with E-state index in [1.807, 2.05) is 39.0 Å². The Morgan fingerprint density at radius 2 is 1.85 bits per heavy atom. The van der Waals surface area contributed by atoms with Crippen LogP contribution in [0, 0.1) is 13.8 Å². The molecule has 41 heavy (non-hydrogen) atoms. The highest BCUT2D eigenvalue weighted by atomic mass is 32.2. The van der Waals surface area contributed by atoms with Crippen molar-refractivity contribution in [2.24, 2.45) is 0 Å². The van der Waals surface area contributed by atoms with Crippen LogP contribution in [0.3, 0.4) is 0 Å². The summed E-state index contributed by atoms with van der Waals surface area (Å²) in [6.45, 7) is 10.3. The first-order valence-electron chi connectivity index (χ1n) is 13.7. The van der Waals surface area contributed by atoms with E-state index in [9.17, 15) is 18.3 Å². The first kappa shape index (κ1) is 30.0. The average molecular weight is 581 g/mol. The van der Waals surface area contributed by atoms with Gasteiger partial charge >= 0.3 is 5.97 Å². The van der Waals surface area contributed by atoms with Crippen LogP contribution in [0.15, 0.2) is 51.9 Å². The number of anilines is 1. The zero-order chi connectivity index (χ0) is 29.7. The summed E-state index contributed by atoms with van der Waals surface area (Å²) in [5.74, 6) is -0.199. The van der Waals surface area contributed by atoms with Crippen molar-refractivity contribution in [2.45, 2.75) is 71.9 Å². The van der Waals surface area contributed by atoms with Crippen molar-refractivity contribution in [3.05, 3.63) is 82.1 Å². The lowest BCUT2D eigenvalue weighted by molar-refractivity contribution is 0.0684. The molecule has 2 heterocycles. The van der Waals surface area contributed by atoms with Gasteiger partial charge in [-0.1, -0.05) is 55.4 Å². The molecule has 0 bridgehead atoms. The van der Waals surface area contributed by atoms with Crippen LogP contribution in [0.1, 0.15) is 71.6 Å². The van der Waals surface area contributed by atoms with Crippen LogP contribution < -0.4 is 4.72 Å². The molecule has 0 aliphatic heterocycles. The van der Waals surface area contributed by atoms with Crippen molar-refractivity contribution >= 4 is 21.9 Å². The maximum absolute atomic E-state index is 13.5. The summed E-state index contributed by atoms with van der Waals surface area (Å²) < 4.78 is 42.3. The molecule has 4 aromatic rings. The summed E-state index contributed by atoms with van der Waals surface area (Å²) in [5, 5.41) is 13.8. The number of carboxylic acids is 1. The number of ether oxygens (including phenoxy) is 1. The molecule has 10 nitrogen and oxygen atoms in total. The molecule has 0 spiro atoms. The molecule has 2 N–H and O–H groups in total. The Balaban J connectivity index is 1.78. The topological polar surface area (TPSA) is 137 Å². The standard InChI is InChI=1S/C30H36N4O6S/c1-6-11-27-31-25(7-2)28(30(35)36)34(27)17-21-14-15-23(22(16-21)18-39-8-3)24-12-9-10-13-26(24)41(37,38)33-29-19(4)20(5)32-40-29/h9-10,12-16,33H,6-8,11,17-18H2,1-5H3,(H,35,36). The van der Waals surface area contributed by atoms with Gasteiger partial charge in [0.1, 0.15) is 5.82 Å². The first-order chi connectivity index (χ1) is 19.6. The Bertz CT molecular complexity index is 1660. The fourth-order valence-electron chi connectivity index (χ4n) is 4.76. The fraction of sp³-hybridized carbons (Fsp3) is 0.367. The van der Waals surface area contributed by atoms with Gasteiger partial charge in [0.15, 0.2) is 5.69 Å². The molecule has 0 fully saturated rings. The summed E-state index contributed by atoms with van der Waals surface area (Å²) >= 11 is 0. The van der Waals surface area contributed by atoms with Crippen molar-refractivity contribution in [3.63, 3.8) is 0 Å². The molecule has 0 aliphatic carbocycles. The van der Waals surface area contributed by atoms with Crippen molar-refractivity contribution in [1.82, 2.24) is 14.7 Å². The zero-order valence-corrected chi connectivity index (χ0v) is 24.8. The molecule has 0 amide bonds. The van der Waals surface area contributed by atoms with Crippen LogP contribution in [0.4, 0.5) is 5.88 Å². The highest BCUT2D eigenvalue weighted by molar-refractivity contribution is 7.92. The minimum Gasteiger partial charge on any atom is -0.477 e. The minimum absolute atomic E-state index is 0.0751. The molecule has 218 valence electrons. The molecule has 0 saturated carbocycles. The summed E-state index contributed by atoms with van der Waals surface area (Å²) in [6.07, 6.45) is 2.01. The third-order valence-corrected chi connectivity index (χ3v) is 8.34. The first-order valence-corrected chi connectivity index (χ1v) is 15.2. The Labute approximate surface area is 240 Å². The van der Waals surface area contributed by atoms with Crippen LogP contribution >= 0.6 is 0 Å². The van der Waals surface area contributed by atoms with Gasteiger partial charge in [0.25, 0.3) is 10.0 Å². The molecule has 0 saturated heterocycles. The molecule has 2 aromatic heterocycles. The number of rotatable bonds is 13. The molecular weight excluding hydrogens is 544 g/mol. The summed E-state index contributed by atoms with van der Waals surface area (Å²) in [4.78, 5) is 16.9. The lowest BCUT2D eigenvalue weighted by Gasteiger charge is -2.17. The number of imidazole rings is 1. The number of nitrogens with one attached hydrogen (secondary N) is 1. The SMILES string of the molecule is CCCc1nc(CC)c(C(=O)O)n1Cc1ccc(-c2ccccc2S(=O)(=O)Nc2onc(C)c2C)c(COCC)c1. The van der Waals surface area contributed by atoms with E-state index in [4.69, 9.17) is 9.26 Å². The molecule has 0 radical (unpaired) electrons. The number of aromatic carboxylic acids is 1. The third-order valence-electron chi connectivity index (χ3n) is 6.95. The van der Waals surface area contributed by atoms with Crippen molar-refractivity contribution in [2.75, 3.05) is 11.3 Å². The van der Waals surface area contributed by atoms with E-state index < -0.39 is 16.0 Å². The van der Waals surface area contributed by atoms with E-state index in [0.717, 1.165) is 23.4 Å². The average Bonchev–Trinajstić information content (AvgIpc) is 3.46. The second-order valence-corrected chi connectivity index (χ2v) is 11.4. The molecule has 4 rings (SSSR count). The van der Waals surface area contributed by atoms with Crippen LogP contribution in [0.5, 0.6) is 0 Å². The van der Waals surface area contributed by atoms with Crippen LogP contribution in [0.2, 0.25) is 0 Å². The number of hydrogen-bond donors (Lipinski definition) is 2. The fourth-order valence-corrected chi connectivity index (χ4v) is 6.03. The van der Waals surface area contributed by atoms with Crippen molar-refractivity contribution in [1.29, 1.82) is 0 Å². The van der Waals surface area contributed by atoms with Gasteiger partial charge in [-0.05, 0) is 56.4 Å². The van der Waals surface area contributed by atoms with E-state index in [2.05, 4.69) is 14.9 Å². The molecule has 2 aromatic carbocycles. The van der Waals surface area contributed by atoms with Crippen LogP contribution in [-0.4, -0.2) is 40.8 Å². The van der Waals surface area contributed by atoms with E-state index in [1.165, 1.54) is 0 Å². The highest BCUT2D eigenvalue weighted by Gasteiger charge is 2.25.